The van der Waals surface area contributed by atoms with Gasteiger partial charge in [0.15, 0.2) is 0 Å². The first-order valence-electron chi connectivity index (χ1n) is 6.22. The number of nitrogen functional groups attached to an aromatic ring is 1. The lowest BCUT2D eigenvalue weighted by Crippen LogP contribution is -2.11. The number of benzene rings is 1. The molecule has 2 aromatic heterocycles. The Morgan fingerprint density at radius 2 is 1.95 bits per heavy atom. The highest BCUT2D eigenvalue weighted by molar-refractivity contribution is 5.80. The van der Waals surface area contributed by atoms with Crippen LogP contribution in [-0.2, 0) is 0 Å². The van der Waals surface area contributed by atoms with Crippen molar-refractivity contribution >= 4 is 28.2 Å². The van der Waals surface area contributed by atoms with Gasteiger partial charge in [-0.2, -0.15) is 0 Å². The molecule has 2 heterocycles. The molecular formula is C14H15N5O. The SMILES string of the molecule is Cc1cc(N(C)c2ccc3[nH]c(=O)[nH]c3c2)ncc1N. The molecule has 0 aliphatic heterocycles. The van der Waals surface area contributed by atoms with Crippen molar-refractivity contribution in [2.24, 2.45) is 0 Å². The van der Waals surface area contributed by atoms with Crippen LogP contribution in [0.25, 0.3) is 11.0 Å². The zero-order chi connectivity index (χ0) is 14.3. The van der Waals surface area contributed by atoms with Gasteiger partial charge in [0.1, 0.15) is 5.82 Å². The Morgan fingerprint density at radius 3 is 2.70 bits per heavy atom. The standard InChI is InChI=1S/C14H15N5O/c1-8-5-13(16-7-10(8)15)19(2)9-3-4-11-12(6-9)18-14(20)17-11/h3-7H,15H2,1-2H3,(H2,17,18,20). The van der Waals surface area contributed by atoms with Gasteiger partial charge in [-0.05, 0) is 36.8 Å². The van der Waals surface area contributed by atoms with Gasteiger partial charge >= 0.3 is 5.69 Å². The zero-order valence-electron chi connectivity index (χ0n) is 11.3. The minimum atomic E-state index is -0.207. The lowest BCUT2D eigenvalue weighted by Gasteiger charge is -2.19. The maximum Gasteiger partial charge on any atom is 0.323 e. The molecule has 0 spiro atoms. The van der Waals surface area contributed by atoms with Crippen molar-refractivity contribution in [3.63, 3.8) is 0 Å². The summed E-state index contributed by atoms with van der Waals surface area (Å²) in [5.41, 5.74) is 9.72. The van der Waals surface area contributed by atoms with Crippen LogP contribution >= 0.6 is 0 Å². The second-order valence-corrected chi connectivity index (χ2v) is 4.77. The Labute approximate surface area is 115 Å². The number of anilines is 3. The van der Waals surface area contributed by atoms with E-state index in [1.807, 2.05) is 43.1 Å². The van der Waals surface area contributed by atoms with E-state index in [9.17, 15) is 4.79 Å². The molecule has 0 atom stereocenters. The predicted octanol–water partition coefficient (Wildman–Crippen LogP) is 1.91. The molecule has 0 aliphatic rings. The summed E-state index contributed by atoms with van der Waals surface area (Å²) >= 11 is 0. The molecule has 3 aromatic rings. The Balaban J connectivity index is 2.04. The van der Waals surface area contributed by atoms with Crippen molar-refractivity contribution in [3.05, 3.63) is 46.5 Å². The van der Waals surface area contributed by atoms with Crippen LogP contribution < -0.4 is 16.3 Å². The van der Waals surface area contributed by atoms with Crippen molar-refractivity contribution < 1.29 is 0 Å². The van der Waals surface area contributed by atoms with Gasteiger partial charge in [-0.1, -0.05) is 0 Å². The fourth-order valence-corrected chi connectivity index (χ4v) is 2.10. The van der Waals surface area contributed by atoms with Crippen molar-refractivity contribution in [1.82, 2.24) is 15.0 Å². The molecule has 1 aromatic carbocycles. The molecule has 6 heteroatoms. The van der Waals surface area contributed by atoms with E-state index in [1.165, 1.54) is 0 Å². The minimum absolute atomic E-state index is 0.207. The van der Waals surface area contributed by atoms with Gasteiger partial charge < -0.3 is 20.6 Å². The molecule has 0 fully saturated rings. The summed E-state index contributed by atoms with van der Waals surface area (Å²) in [6.45, 7) is 1.95. The first-order valence-corrected chi connectivity index (χ1v) is 6.22. The Kier molecular flexibility index (Phi) is 2.71. The number of aryl methyl sites for hydroxylation is 1. The number of hydrogen-bond acceptors (Lipinski definition) is 4. The van der Waals surface area contributed by atoms with E-state index in [-0.39, 0.29) is 5.69 Å². The number of fused-ring (bicyclic) bond motifs is 1. The van der Waals surface area contributed by atoms with Gasteiger partial charge in [-0.3, -0.25) is 0 Å². The average molecular weight is 269 g/mol. The van der Waals surface area contributed by atoms with Crippen molar-refractivity contribution in [1.29, 1.82) is 0 Å². The molecule has 4 N–H and O–H groups in total. The van der Waals surface area contributed by atoms with Crippen molar-refractivity contribution in [2.45, 2.75) is 6.92 Å². The van der Waals surface area contributed by atoms with Gasteiger partial charge in [-0.15, -0.1) is 0 Å². The van der Waals surface area contributed by atoms with E-state index < -0.39 is 0 Å². The third kappa shape index (κ3) is 2.01. The highest BCUT2D eigenvalue weighted by Gasteiger charge is 2.08. The fourth-order valence-electron chi connectivity index (χ4n) is 2.10. The number of rotatable bonds is 2. The summed E-state index contributed by atoms with van der Waals surface area (Å²) < 4.78 is 0. The van der Waals surface area contributed by atoms with Gasteiger partial charge in [0.05, 0.1) is 22.9 Å². The molecule has 0 aliphatic carbocycles. The number of nitrogens with one attached hydrogen (secondary N) is 2. The Bertz CT molecular complexity index is 833. The summed E-state index contributed by atoms with van der Waals surface area (Å²) in [4.78, 5) is 23.0. The molecular weight excluding hydrogens is 254 g/mol. The van der Waals surface area contributed by atoms with Crippen LogP contribution in [0.2, 0.25) is 0 Å². The van der Waals surface area contributed by atoms with Gasteiger partial charge in [0.2, 0.25) is 0 Å². The number of pyridine rings is 1. The smallest absolute Gasteiger partial charge is 0.323 e. The lowest BCUT2D eigenvalue weighted by atomic mass is 10.2. The third-order valence-electron chi connectivity index (χ3n) is 3.37. The maximum atomic E-state index is 11.3. The molecule has 0 saturated carbocycles. The highest BCUT2D eigenvalue weighted by atomic mass is 16.1. The molecule has 102 valence electrons. The number of aromatic amines is 2. The van der Waals surface area contributed by atoms with Crippen molar-refractivity contribution in [2.75, 3.05) is 17.7 Å². The van der Waals surface area contributed by atoms with Crippen molar-refractivity contribution in [3.8, 4) is 0 Å². The topological polar surface area (TPSA) is 90.8 Å². The number of aromatic nitrogens is 3. The average Bonchev–Trinajstić information content (AvgIpc) is 2.80. The van der Waals surface area contributed by atoms with E-state index in [0.29, 0.717) is 5.69 Å². The summed E-state index contributed by atoms with van der Waals surface area (Å²) in [5.74, 6) is 0.800. The van der Waals surface area contributed by atoms with Gasteiger partial charge in [0, 0.05) is 12.7 Å². The molecule has 0 saturated heterocycles. The molecule has 6 nitrogen and oxygen atoms in total. The number of nitrogens with two attached hydrogens (primary N) is 1. The quantitative estimate of drug-likeness (QED) is 0.662. The van der Waals surface area contributed by atoms with E-state index in [2.05, 4.69) is 15.0 Å². The minimum Gasteiger partial charge on any atom is -0.397 e. The lowest BCUT2D eigenvalue weighted by molar-refractivity contribution is 1.12. The zero-order valence-corrected chi connectivity index (χ0v) is 11.3. The summed E-state index contributed by atoms with van der Waals surface area (Å²) in [6, 6.07) is 7.63. The molecule has 20 heavy (non-hydrogen) atoms. The number of imidazole rings is 1. The van der Waals surface area contributed by atoms with Crippen LogP contribution in [0.15, 0.2) is 35.3 Å². The van der Waals surface area contributed by atoms with Crippen LogP contribution in [0.4, 0.5) is 17.2 Å². The van der Waals surface area contributed by atoms with Crippen LogP contribution in [-0.4, -0.2) is 22.0 Å². The van der Waals surface area contributed by atoms with Crippen LogP contribution in [0.1, 0.15) is 5.56 Å². The van der Waals surface area contributed by atoms with E-state index in [0.717, 1.165) is 28.1 Å². The number of nitrogens with zero attached hydrogens (tertiary/aromatic N) is 2. The maximum absolute atomic E-state index is 11.3. The number of H-pyrrole nitrogens is 2. The van der Waals surface area contributed by atoms with Crippen LogP contribution in [0.5, 0.6) is 0 Å². The predicted molar refractivity (Wildman–Crippen MR) is 80.4 cm³/mol. The summed E-state index contributed by atoms with van der Waals surface area (Å²) in [6.07, 6.45) is 1.65. The normalized spacial score (nSPS) is 10.9. The monoisotopic (exact) mass is 269 g/mol. The second kappa shape index (κ2) is 4.41. The van der Waals surface area contributed by atoms with E-state index >= 15 is 0 Å². The Hall–Kier alpha value is -2.76. The molecule has 3 rings (SSSR count). The van der Waals surface area contributed by atoms with E-state index in [4.69, 9.17) is 5.73 Å². The first-order chi connectivity index (χ1) is 9.54. The van der Waals surface area contributed by atoms with E-state index in [1.54, 1.807) is 6.20 Å². The summed E-state index contributed by atoms with van der Waals surface area (Å²) in [5, 5.41) is 0. The highest BCUT2D eigenvalue weighted by Crippen LogP contribution is 2.25. The molecule has 0 unspecified atom stereocenters. The first kappa shape index (κ1) is 12.3. The largest absolute Gasteiger partial charge is 0.397 e. The summed E-state index contributed by atoms with van der Waals surface area (Å²) in [7, 11) is 1.92. The Morgan fingerprint density at radius 1 is 1.20 bits per heavy atom. The van der Waals surface area contributed by atoms with Crippen LogP contribution in [0, 0.1) is 6.92 Å². The van der Waals surface area contributed by atoms with Crippen LogP contribution in [0.3, 0.4) is 0 Å². The van der Waals surface area contributed by atoms with Gasteiger partial charge in [0.25, 0.3) is 0 Å². The fraction of sp³-hybridized carbons (Fsp3) is 0.143. The third-order valence-corrected chi connectivity index (χ3v) is 3.37. The second-order valence-electron chi connectivity index (χ2n) is 4.77. The number of hydrogen-bond donors (Lipinski definition) is 3. The van der Waals surface area contributed by atoms with Gasteiger partial charge in [-0.25, -0.2) is 9.78 Å². The molecule has 0 bridgehead atoms. The molecule has 0 amide bonds. The molecule has 0 radical (unpaired) electrons.